The molecule has 0 aliphatic heterocycles. The van der Waals surface area contributed by atoms with Crippen molar-refractivity contribution in [3.8, 4) is 0 Å². The Bertz CT molecular complexity index is 244. The first-order chi connectivity index (χ1) is 11.3. The van der Waals surface area contributed by atoms with Crippen molar-refractivity contribution in [2.75, 3.05) is 13.2 Å². The van der Waals surface area contributed by atoms with Gasteiger partial charge in [0.05, 0.1) is 6.61 Å². The lowest BCUT2D eigenvalue weighted by Gasteiger charge is -2.07. The topological polar surface area (TPSA) is 38.3 Å². The normalized spacial score (nSPS) is 10.7. The maximum atomic E-state index is 11.5. The van der Waals surface area contributed by atoms with Crippen molar-refractivity contribution in [3.05, 3.63) is 0 Å². The highest BCUT2D eigenvalue weighted by molar-refractivity contribution is 5.66. The molecular formula is C20H41NO2. The average molecular weight is 328 g/mol. The summed E-state index contributed by atoms with van der Waals surface area (Å²) in [6.07, 6.45) is 18.8. The number of alkyl carbamates (subject to hydrolysis) is 1. The van der Waals surface area contributed by atoms with Crippen LogP contribution >= 0.6 is 0 Å². The lowest BCUT2D eigenvalue weighted by atomic mass is 10.1. The van der Waals surface area contributed by atoms with Gasteiger partial charge in [0.15, 0.2) is 0 Å². The number of nitrogens with one attached hydrogen (secondary N) is 1. The van der Waals surface area contributed by atoms with Crippen LogP contribution in [0.5, 0.6) is 0 Å². The zero-order valence-electron chi connectivity index (χ0n) is 15.8. The summed E-state index contributed by atoms with van der Waals surface area (Å²) in [5.41, 5.74) is 0. The molecule has 0 saturated carbocycles. The van der Waals surface area contributed by atoms with Gasteiger partial charge in [-0.1, -0.05) is 97.3 Å². The number of unbranched alkanes of at least 4 members (excludes halogenated alkanes) is 13. The molecule has 0 spiro atoms. The molecule has 0 aromatic rings. The van der Waals surface area contributed by atoms with E-state index in [1.165, 1.54) is 83.5 Å². The molecule has 0 radical (unpaired) electrons. The molecule has 0 fully saturated rings. The zero-order valence-corrected chi connectivity index (χ0v) is 15.8. The smallest absolute Gasteiger partial charge is 0.407 e. The van der Waals surface area contributed by atoms with Crippen LogP contribution in [0.15, 0.2) is 0 Å². The summed E-state index contributed by atoms with van der Waals surface area (Å²) < 4.78 is 5.20. The SMILES string of the molecule is CCCCCCCCCCCOC(=O)NCCCCCCCC. The predicted molar refractivity (Wildman–Crippen MR) is 100.0 cm³/mol. The molecular weight excluding hydrogens is 286 g/mol. The van der Waals surface area contributed by atoms with Gasteiger partial charge in [-0.2, -0.15) is 0 Å². The van der Waals surface area contributed by atoms with Crippen molar-refractivity contribution in [1.29, 1.82) is 0 Å². The molecule has 0 rings (SSSR count). The maximum Gasteiger partial charge on any atom is 0.407 e. The molecule has 0 heterocycles. The number of amides is 1. The van der Waals surface area contributed by atoms with Gasteiger partial charge < -0.3 is 10.1 Å². The van der Waals surface area contributed by atoms with E-state index < -0.39 is 0 Å². The fourth-order valence-corrected chi connectivity index (χ4v) is 2.72. The molecule has 1 N–H and O–H groups in total. The molecule has 1 amide bonds. The average Bonchev–Trinajstić information content (AvgIpc) is 2.55. The Morgan fingerprint density at radius 2 is 1.09 bits per heavy atom. The van der Waals surface area contributed by atoms with Crippen LogP contribution in [0.3, 0.4) is 0 Å². The number of rotatable bonds is 17. The molecule has 0 aliphatic carbocycles. The standard InChI is InChI=1S/C20H41NO2/c1-3-5-7-9-11-12-13-15-17-19-23-20(22)21-18-16-14-10-8-6-4-2/h3-19H2,1-2H3,(H,21,22). The monoisotopic (exact) mass is 327 g/mol. The van der Waals surface area contributed by atoms with Crippen LogP contribution in [0, 0.1) is 0 Å². The highest BCUT2D eigenvalue weighted by atomic mass is 16.5. The molecule has 23 heavy (non-hydrogen) atoms. The summed E-state index contributed by atoms with van der Waals surface area (Å²) in [6.45, 7) is 5.80. The first kappa shape index (κ1) is 22.3. The summed E-state index contributed by atoms with van der Waals surface area (Å²) in [6, 6.07) is 0. The minimum Gasteiger partial charge on any atom is -0.450 e. The highest BCUT2D eigenvalue weighted by Crippen LogP contribution is 2.09. The largest absolute Gasteiger partial charge is 0.450 e. The van der Waals surface area contributed by atoms with Gasteiger partial charge in [0.25, 0.3) is 0 Å². The minimum atomic E-state index is -0.238. The summed E-state index contributed by atoms with van der Waals surface area (Å²) in [5, 5.41) is 2.84. The van der Waals surface area contributed by atoms with Gasteiger partial charge in [-0.15, -0.1) is 0 Å². The highest BCUT2D eigenvalue weighted by Gasteiger charge is 2.00. The van der Waals surface area contributed by atoms with Crippen molar-refractivity contribution >= 4 is 6.09 Å². The molecule has 3 nitrogen and oxygen atoms in total. The van der Waals surface area contributed by atoms with E-state index in [0.29, 0.717) is 6.61 Å². The molecule has 0 aliphatic rings. The molecule has 0 bridgehead atoms. The van der Waals surface area contributed by atoms with E-state index >= 15 is 0 Å². The Morgan fingerprint density at radius 3 is 1.61 bits per heavy atom. The van der Waals surface area contributed by atoms with Gasteiger partial charge >= 0.3 is 6.09 Å². The van der Waals surface area contributed by atoms with Crippen molar-refractivity contribution < 1.29 is 9.53 Å². The third kappa shape index (κ3) is 19.2. The second kappa shape index (κ2) is 19.3. The second-order valence-corrected chi connectivity index (χ2v) is 6.66. The van der Waals surface area contributed by atoms with E-state index in [9.17, 15) is 4.79 Å². The molecule has 0 atom stereocenters. The van der Waals surface area contributed by atoms with Gasteiger partial charge in [-0.05, 0) is 12.8 Å². The van der Waals surface area contributed by atoms with Crippen LogP contribution in [-0.2, 0) is 4.74 Å². The van der Waals surface area contributed by atoms with Crippen LogP contribution < -0.4 is 5.32 Å². The Balaban J connectivity index is 3.13. The van der Waals surface area contributed by atoms with E-state index in [1.807, 2.05) is 0 Å². The van der Waals surface area contributed by atoms with E-state index in [4.69, 9.17) is 4.74 Å². The molecule has 3 heteroatoms. The number of carbonyl (C=O) groups is 1. The van der Waals surface area contributed by atoms with E-state index in [1.54, 1.807) is 0 Å². The van der Waals surface area contributed by atoms with E-state index in [2.05, 4.69) is 19.2 Å². The number of carbonyl (C=O) groups excluding carboxylic acids is 1. The van der Waals surface area contributed by atoms with Crippen molar-refractivity contribution in [1.82, 2.24) is 5.32 Å². The Labute approximate surface area is 144 Å². The fourth-order valence-electron chi connectivity index (χ4n) is 2.72. The summed E-state index contributed by atoms with van der Waals surface area (Å²) in [4.78, 5) is 11.5. The first-order valence-electron chi connectivity index (χ1n) is 10.2. The molecule has 0 unspecified atom stereocenters. The van der Waals surface area contributed by atoms with Gasteiger partial charge in [0, 0.05) is 6.54 Å². The van der Waals surface area contributed by atoms with Crippen molar-refractivity contribution in [2.24, 2.45) is 0 Å². The Morgan fingerprint density at radius 1 is 0.652 bits per heavy atom. The number of hydrogen-bond donors (Lipinski definition) is 1. The van der Waals surface area contributed by atoms with Gasteiger partial charge in [0.1, 0.15) is 0 Å². The second-order valence-electron chi connectivity index (χ2n) is 6.66. The molecule has 138 valence electrons. The van der Waals surface area contributed by atoms with Gasteiger partial charge in [0.2, 0.25) is 0 Å². The van der Waals surface area contributed by atoms with Crippen LogP contribution in [0.4, 0.5) is 4.79 Å². The third-order valence-corrected chi connectivity index (χ3v) is 4.28. The minimum absolute atomic E-state index is 0.238. The number of hydrogen-bond acceptors (Lipinski definition) is 2. The summed E-state index contributed by atoms with van der Waals surface area (Å²) >= 11 is 0. The first-order valence-corrected chi connectivity index (χ1v) is 10.2. The predicted octanol–water partition coefficient (Wildman–Crippen LogP) is 6.60. The van der Waals surface area contributed by atoms with Crippen molar-refractivity contribution in [3.63, 3.8) is 0 Å². The van der Waals surface area contributed by atoms with Crippen LogP contribution in [0.2, 0.25) is 0 Å². The molecule has 0 saturated heterocycles. The number of ether oxygens (including phenoxy) is 1. The lowest BCUT2D eigenvalue weighted by Crippen LogP contribution is -2.25. The third-order valence-electron chi connectivity index (χ3n) is 4.28. The Hall–Kier alpha value is -0.730. The van der Waals surface area contributed by atoms with Gasteiger partial charge in [-0.3, -0.25) is 0 Å². The zero-order chi connectivity index (χ0) is 17.0. The van der Waals surface area contributed by atoms with Gasteiger partial charge in [-0.25, -0.2) is 4.79 Å². The summed E-state index contributed by atoms with van der Waals surface area (Å²) in [5.74, 6) is 0. The lowest BCUT2D eigenvalue weighted by molar-refractivity contribution is 0.143. The fraction of sp³-hybridized carbons (Fsp3) is 0.950. The molecule has 0 aromatic carbocycles. The Kier molecular flexibility index (Phi) is 18.7. The van der Waals surface area contributed by atoms with Crippen LogP contribution in [0.1, 0.15) is 110 Å². The van der Waals surface area contributed by atoms with Crippen LogP contribution in [0.25, 0.3) is 0 Å². The maximum absolute atomic E-state index is 11.5. The quantitative estimate of drug-likeness (QED) is 0.305. The van der Waals surface area contributed by atoms with Crippen LogP contribution in [-0.4, -0.2) is 19.2 Å². The van der Waals surface area contributed by atoms with Crippen molar-refractivity contribution in [2.45, 2.75) is 110 Å². The van der Waals surface area contributed by atoms with E-state index in [0.717, 1.165) is 19.4 Å². The summed E-state index contributed by atoms with van der Waals surface area (Å²) in [7, 11) is 0. The van der Waals surface area contributed by atoms with E-state index in [-0.39, 0.29) is 6.09 Å². The molecule has 0 aromatic heterocycles.